The smallest absolute Gasteiger partial charge is 0.320 e. The summed E-state index contributed by atoms with van der Waals surface area (Å²) in [5, 5.41) is -0.535. The molecule has 0 saturated carbocycles. The quantitative estimate of drug-likeness (QED) is 0.546. The molecule has 0 aromatic heterocycles. The predicted molar refractivity (Wildman–Crippen MR) is 57.1 cm³/mol. The Morgan fingerprint density at radius 2 is 2.00 bits per heavy atom. The van der Waals surface area contributed by atoms with Gasteiger partial charge < -0.3 is 14.4 Å². The average Bonchev–Trinajstić information content (AvgIpc) is 2.27. The van der Waals surface area contributed by atoms with Gasteiger partial charge in [0.25, 0.3) is 0 Å². The highest BCUT2D eigenvalue weighted by Gasteiger charge is 2.14. The number of hydrogen-bond donors (Lipinski definition) is 0. The van der Waals surface area contributed by atoms with Crippen LogP contribution >= 0.6 is 11.6 Å². The topological polar surface area (TPSA) is 38.8 Å². The van der Waals surface area contributed by atoms with E-state index in [1.165, 1.54) is 4.90 Å². The highest BCUT2D eigenvalue weighted by atomic mass is 35.5. The van der Waals surface area contributed by atoms with Crippen LogP contribution in [0.25, 0.3) is 0 Å². The van der Waals surface area contributed by atoms with Gasteiger partial charge >= 0.3 is 5.37 Å². The van der Waals surface area contributed by atoms with Gasteiger partial charge in [0, 0.05) is 18.8 Å². The zero-order valence-electron chi connectivity index (χ0n) is 8.20. The first kappa shape index (κ1) is 10.1. The van der Waals surface area contributed by atoms with E-state index in [1.807, 2.05) is 0 Å². The van der Waals surface area contributed by atoms with E-state index in [2.05, 4.69) is 0 Å². The lowest BCUT2D eigenvalue weighted by molar-refractivity contribution is 0.171. The van der Waals surface area contributed by atoms with Crippen LogP contribution in [-0.4, -0.2) is 25.6 Å². The van der Waals surface area contributed by atoms with Crippen LogP contribution < -0.4 is 14.4 Å². The number of benzene rings is 1. The van der Waals surface area contributed by atoms with Crippen LogP contribution in [0.4, 0.5) is 10.5 Å². The van der Waals surface area contributed by atoms with Crippen molar-refractivity contribution in [2.24, 2.45) is 0 Å². The fraction of sp³-hybridized carbons (Fsp3) is 0.300. The number of fused-ring (bicyclic) bond motifs is 1. The third-order valence-corrected chi connectivity index (χ3v) is 2.43. The summed E-state index contributed by atoms with van der Waals surface area (Å²) in [6, 6.07) is 5.25. The van der Waals surface area contributed by atoms with E-state index in [-0.39, 0.29) is 0 Å². The predicted octanol–water partition coefficient (Wildman–Crippen LogP) is 2.25. The SMILES string of the molecule is CN(C(=O)Cl)c1ccc2c(c1)OCCO2. The van der Waals surface area contributed by atoms with E-state index in [0.29, 0.717) is 30.4 Å². The van der Waals surface area contributed by atoms with Crippen LogP contribution in [0.2, 0.25) is 0 Å². The summed E-state index contributed by atoms with van der Waals surface area (Å²) in [4.78, 5) is 12.3. The molecular formula is C10H10ClNO3. The first-order chi connectivity index (χ1) is 7.18. The van der Waals surface area contributed by atoms with E-state index in [0.717, 1.165) is 0 Å². The summed E-state index contributed by atoms with van der Waals surface area (Å²) in [5.74, 6) is 1.34. The third-order valence-electron chi connectivity index (χ3n) is 2.18. The number of hydrogen-bond acceptors (Lipinski definition) is 3. The van der Waals surface area contributed by atoms with Crippen LogP contribution in [0.1, 0.15) is 0 Å². The van der Waals surface area contributed by atoms with Gasteiger partial charge in [0.15, 0.2) is 11.5 Å². The molecule has 0 bridgehead atoms. The first-order valence-corrected chi connectivity index (χ1v) is 4.89. The van der Waals surface area contributed by atoms with E-state index in [1.54, 1.807) is 25.2 Å². The van der Waals surface area contributed by atoms with Gasteiger partial charge in [-0.15, -0.1) is 0 Å². The van der Waals surface area contributed by atoms with E-state index >= 15 is 0 Å². The summed E-state index contributed by atoms with van der Waals surface area (Å²) in [5.41, 5.74) is 0.680. The van der Waals surface area contributed by atoms with Crippen molar-refractivity contribution in [3.63, 3.8) is 0 Å². The van der Waals surface area contributed by atoms with Crippen LogP contribution in [0.5, 0.6) is 11.5 Å². The molecule has 1 aromatic rings. The van der Waals surface area contributed by atoms with Crippen molar-refractivity contribution < 1.29 is 14.3 Å². The zero-order valence-corrected chi connectivity index (χ0v) is 8.95. The monoisotopic (exact) mass is 227 g/mol. The lowest BCUT2D eigenvalue weighted by atomic mass is 10.2. The van der Waals surface area contributed by atoms with Gasteiger partial charge in [-0.05, 0) is 23.7 Å². The molecule has 0 atom stereocenters. The summed E-state index contributed by atoms with van der Waals surface area (Å²) in [6.07, 6.45) is 0. The second kappa shape index (κ2) is 3.98. The number of halogens is 1. The minimum absolute atomic E-state index is 0.523. The Morgan fingerprint density at radius 1 is 1.33 bits per heavy atom. The van der Waals surface area contributed by atoms with Crippen LogP contribution in [0.3, 0.4) is 0 Å². The Bertz CT molecular complexity index is 394. The number of rotatable bonds is 1. The number of anilines is 1. The summed E-state index contributed by atoms with van der Waals surface area (Å²) in [6.45, 7) is 1.08. The average molecular weight is 228 g/mol. The van der Waals surface area contributed by atoms with Gasteiger partial charge in [-0.2, -0.15) is 0 Å². The molecule has 0 fully saturated rings. The van der Waals surface area contributed by atoms with Crippen molar-refractivity contribution in [1.82, 2.24) is 0 Å². The maximum atomic E-state index is 10.9. The molecule has 4 nitrogen and oxygen atoms in total. The summed E-state index contributed by atoms with van der Waals surface area (Å²) in [7, 11) is 1.60. The summed E-state index contributed by atoms with van der Waals surface area (Å²) >= 11 is 5.36. The van der Waals surface area contributed by atoms with Crippen molar-refractivity contribution in [3.8, 4) is 11.5 Å². The Kier molecular flexibility index (Phi) is 2.68. The first-order valence-electron chi connectivity index (χ1n) is 4.51. The minimum Gasteiger partial charge on any atom is -0.486 e. The highest BCUT2D eigenvalue weighted by Crippen LogP contribution is 2.33. The van der Waals surface area contributed by atoms with E-state index < -0.39 is 5.37 Å². The Labute approximate surface area is 92.3 Å². The number of amides is 1. The Hall–Kier alpha value is -1.42. The van der Waals surface area contributed by atoms with Crippen LogP contribution in [0, 0.1) is 0 Å². The molecule has 0 saturated heterocycles. The van der Waals surface area contributed by atoms with Gasteiger partial charge in [0.05, 0.1) is 0 Å². The standard InChI is InChI=1S/C10H10ClNO3/c1-12(10(11)13)7-2-3-8-9(6-7)15-5-4-14-8/h2-3,6H,4-5H2,1H3. The molecule has 0 spiro atoms. The number of carbonyl (C=O) groups is 1. The highest BCUT2D eigenvalue weighted by molar-refractivity contribution is 6.66. The number of nitrogens with zero attached hydrogens (tertiary/aromatic N) is 1. The fourth-order valence-electron chi connectivity index (χ4n) is 1.34. The molecule has 2 rings (SSSR count). The van der Waals surface area contributed by atoms with Gasteiger partial charge in [0.1, 0.15) is 13.2 Å². The minimum atomic E-state index is -0.535. The molecule has 1 aliphatic rings. The maximum Gasteiger partial charge on any atom is 0.320 e. The Morgan fingerprint density at radius 3 is 2.67 bits per heavy atom. The fourth-order valence-corrected chi connectivity index (χ4v) is 1.44. The molecule has 1 aromatic carbocycles. The number of carbonyl (C=O) groups excluding carboxylic acids is 1. The molecule has 0 unspecified atom stereocenters. The largest absolute Gasteiger partial charge is 0.486 e. The lowest BCUT2D eigenvalue weighted by Gasteiger charge is -2.21. The Balaban J connectivity index is 2.31. The van der Waals surface area contributed by atoms with Crippen LogP contribution in [-0.2, 0) is 0 Å². The molecule has 1 aliphatic heterocycles. The molecule has 1 amide bonds. The molecule has 0 radical (unpaired) electrons. The molecule has 1 heterocycles. The molecular weight excluding hydrogens is 218 g/mol. The summed E-state index contributed by atoms with van der Waals surface area (Å²) < 4.78 is 10.7. The van der Waals surface area contributed by atoms with Crippen LogP contribution in [0.15, 0.2) is 18.2 Å². The molecule has 15 heavy (non-hydrogen) atoms. The van der Waals surface area contributed by atoms with E-state index in [4.69, 9.17) is 21.1 Å². The maximum absolute atomic E-state index is 10.9. The van der Waals surface area contributed by atoms with Crippen molar-refractivity contribution in [2.45, 2.75) is 0 Å². The lowest BCUT2D eigenvalue weighted by Crippen LogP contribution is -2.20. The molecule has 0 N–H and O–H groups in total. The van der Waals surface area contributed by atoms with Crippen molar-refractivity contribution in [1.29, 1.82) is 0 Å². The normalized spacial score (nSPS) is 13.5. The van der Waals surface area contributed by atoms with Gasteiger partial charge in [0.2, 0.25) is 0 Å². The molecule has 80 valence electrons. The molecule has 0 aliphatic carbocycles. The van der Waals surface area contributed by atoms with Crippen molar-refractivity contribution >= 4 is 22.7 Å². The van der Waals surface area contributed by atoms with Gasteiger partial charge in [-0.25, -0.2) is 0 Å². The second-order valence-corrected chi connectivity index (χ2v) is 3.46. The van der Waals surface area contributed by atoms with E-state index in [9.17, 15) is 4.79 Å². The van der Waals surface area contributed by atoms with Gasteiger partial charge in [-0.1, -0.05) is 0 Å². The van der Waals surface area contributed by atoms with Crippen molar-refractivity contribution in [3.05, 3.63) is 18.2 Å². The van der Waals surface area contributed by atoms with Crippen molar-refractivity contribution in [2.75, 3.05) is 25.2 Å². The second-order valence-electron chi connectivity index (χ2n) is 3.14. The number of ether oxygens (including phenoxy) is 2. The zero-order chi connectivity index (χ0) is 10.8. The third kappa shape index (κ3) is 1.99. The van der Waals surface area contributed by atoms with Gasteiger partial charge in [-0.3, -0.25) is 4.79 Å². The molecule has 5 heteroatoms.